The third-order valence-electron chi connectivity index (χ3n) is 3.81. The molecule has 1 fully saturated rings. The van der Waals surface area contributed by atoms with Gasteiger partial charge in [-0.25, -0.2) is 9.78 Å². The second-order valence-corrected chi connectivity index (χ2v) is 6.95. The molecule has 0 aromatic carbocycles. The van der Waals surface area contributed by atoms with Crippen molar-refractivity contribution in [1.29, 1.82) is 0 Å². The maximum absolute atomic E-state index is 11.7. The monoisotopic (exact) mass is 334 g/mol. The third kappa shape index (κ3) is 5.11. The number of nitrogens with zero attached hydrogens (tertiary/aromatic N) is 3. The first-order valence-electron chi connectivity index (χ1n) is 8.15. The SMILES string of the molecule is Cc1cc(N2CCN(C=O)CC2)ncc1CNC(=O)OC(C)(C)C. The Hall–Kier alpha value is -2.31. The van der Waals surface area contributed by atoms with Gasteiger partial charge in [0.2, 0.25) is 6.41 Å². The molecule has 7 nitrogen and oxygen atoms in total. The highest BCUT2D eigenvalue weighted by molar-refractivity contribution is 5.67. The van der Waals surface area contributed by atoms with Crippen LogP contribution in [-0.4, -0.2) is 54.2 Å². The van der Waals surface area contributed by atoms with Crippen molar-refractivity contribution in [3.63, 3.8) is 0 Å². The molecular weight excluding hydrogens is 308 g/mol. The van der Waals surface area contributed by atoms with Gasteiger partial charge < -0.3 is 19.9 Å². The lowest BCUT2D eigenvalue weighted by Gasteiger charge is -2.33. The van der Waals surface area contributed by atoms with Crippen molar-refractivity contribution in [2.75, 3.05) is 31.1 Å². The van der Waals surface area contributed by atoms with Crippen molar-refractivity contribution in [2.24, 2.45) is 0 Å². The summed E-state index contributed by atoms with van der Waals surface area (Å²) in [5.41, 5.74) is 1.51. The number of alkyl carbamates (subject to hydrolysis) is 1. The molecule has 1 aromatic heterocycles. The Balaban J connectivity index is 1.92. The summed E-state index contributed by atoms with van der Waals surface area (Å²) in [6.45, 7) is 10.9. The predicted octanol–water partition coefficient (Wildman–Crippen LogP) is 1.69. The average Bonchev–Trinajstić information content (AvgIpc) is 2.52. The van der Waals surface area contributed by atoms with E-state index in [1.165, 1.54) is 0 Å². The van der Waals surface area contributed by atoms with Crippen molar-refractivity contribution in [2.45, 2.75) is 39.8 Å². The summed E-state index contributed by atoms with van der Waals surface area (Å²) in [5, 5.41) is 2.75. The van der Waals surface area contributed by atoms with E-state index in [9.17, 15) is 9.59 Å². The van der Waals surface area contributed by atoms with E-state index in [2.05, 4.69) is 15.2 Å². The summed E-state index contributed by atoms with van der Waals surface area (Å²) in [4.78, 5) is 30.9. The predicted molar refractivity (Wildman–Crippen MR) is 91.9 cm³/mol. The van der Waals surface area contributed by atoms with Gasteiger partial charge in [-0.15, -0.1) is 0 Å². The van der Waals surface area contributed by atoms with Crippen LogP contribution in [0, 0.1) is 6.92 Å². The number of piperazine rings is 1. The molecular formula is C17H26N4O3. The second kappa shape index (κ2) is 7.51. The summed E-state index contributed by atoms with van der Waals surface area (Å²) < 4.78 is 5.23. The van der Waals surface area contributed by atoms with Crippen LogP contribution < -0.4 is 10.2 Å². The molecule has 0 unspecified atom stereocenters. The number of carbonyl (C=O) groups excluding carboxylic acids is 2. The summed E-state index contributed by atoms with van der Waals surface area (Å²) in [5.74, 6) is 0.902. The van der Waals surface area contributed by atoms with Gasteiger partial charge in [-0.05, 0) is 44.9 Å². The van der Waals surface area contributed by atoms with Crippen molar-refractivity contribution in [3.05, 3.63) is 23.4 Å². The number of aromatic nitrogens is 1. The van der Waals surface area contributed by atoms with Gasteiger partial charge in [0.25, 0.3) is 0 Å². The zero-order valence-electron chi connectivity index (χ0n) is 14.8. The van der Waals surface area contributed by atoms with Crippen LogP contribution in [0.2, 0.25) is 0 Å². The summed E-state index contributed by atoms with van der Waals surface area (Å²) in [7, 11) is 0. The molecule has 1 aliphatic heterocycles. The summed E-state index contributed by atoms with van der Waals surface area (Å²) in [6.07, 6.45) is 2.24. The van der Waals surface area contributed by atoms with E-state index in [0.29, 0.717) is 19.6 Å². The first kappa shape index (κ1) is 18.0. The molecule has 24 heavy (non-hydrogen) atoms. The van der Waals surface area contributed by atoms with Gasteiger partial charge in [0.05, 0.1) is 0 Å². The Morgan fingerprint density at radius 1 is 1.33 bits per heavy atom. The minimum absolute atomic E-state index is 0.382. The van der Waals surface area contributed by atoms with Crippen LogP contribution in [0.3, 0.4) is 0 Å². The Morgan fingerprint density at radius 3 is 2.54 bits per heavy atom. The summed E-state index contributed by atoms with van der Waals surface area (Å²) in [6, 6.07) is 2.02. The van der Waals surface area contributed by atoms with Crippen molar-refractivity contribution in [1.82, 2.24) is 15.2 Å². The number of anilines is 1. The van der Waals surface area contributed by atoms with Crippen LogP contribution in [-0.2, 0) is 16.1 Å². The number of ether oxygens (including phenoxy) is 1. The van der Waals surface area contributed by atoms with Crippen LogP contribution >= 0.6 is 0 Å². The van der Waals surface area contributed by atoms with Crippen molar-refractivity contribution < 1.29 is 14.3 Å². The van der Waals surface area contributed by atoms with Crippen LogP contribution in [0.5, 0.6) is 0 Å². The van der Waals surface area contributed by atoms with E-state index >= 15 is 0 Å². The first-order valence-corrected chi connectivity index (χ1v) is 8.15. The van der Waals surface area contributed by atoms with Crippen LogP contribution in [0.1, 0.15) is 31.9 Å². The fourth-order valence-corrected chi connectivity index (χ4v) is 2.47. The van der Waals surface area contributed by atoms with E-state index in [4.69, 9.17) is 4.74 Å². The zero-order chi connectivity index (χ0) is 17.7. The average molecular weight is 334 g/mol. The van der Waals surface area contributed by atoms with Crippen LogP contribution in [0.15, 0.2) is 12.3 Å². The number of hydrogen-bond acceptors (Lipinski definition) is 5. The quantitative estimate of drug-likeness (QED) is 0.848. The lowest BCUT2D eigenvalue weighted by Crippen LogP contribution is -2.46. The molecule has 0 saturated carbocycles. The van der Waals surface area contributed by atoms with E-state index < -0.39 is 11.7 Å². The standard InChI is InChI=1S/C17H26N4O3/c1-13-9-15(21-7-5-20(12-22)6-8-21)18-10-14(13)11-19-16(23)24-17(2,3)4/h9-10,12H,5-8,11H2,1-4H3,(H,19,23). The molecule has 2 heterocycles. The number of rotatable bonds is 4. The maximum atomic E-state index is 11.7. The minimum Gasteiger partial charge on any atom is -0.444 e. The molecule has 1 saturated heterocycles. The van der Waals surface area contributed by atoms with Crippen molar-refractivity contribution in [3.8, 4) is 0 Å². The van der Waals surface area contributed by atoms with Gasteiger partial charge in [-0.1, -0.05) is 0 Å². The maximum Gasteiger partial charge on any atom is 0.407 e. The zero-order valence-corrected chi connectivity index (χ0v) is 14.8. The Kier molecular flexibility index (Phi) is 5.64. The Labute approximate surface area is 143 Å². The molecule has 2 amide bonds. The van der Waals surface area contributed by atoms with Crippen molar-refractivity contribution >= 4 is 18.3 Å². The van der Waals surface area contributed by atoms with Gasteiger partial charge in [-0.2, -0.15) is 0 Å². The minimum atomic E-state index is -0.509. The van der Waals surface area contributed by atoms with E-state index in [1.54, 1.807) is 11.1 Å². The molecule has 0 bridgehead atoms. The molecule has 0 aliphatic carbocycles. The van der Waals surface area contributed by atoms with Gasteiger partial charge in [0, 0.05) is 38.9 Å². The molecule has 1 aliphatic rings. The molecule has 0 radical (unpaired) electrons. The molecule has 132 valence electrons. The van der Waals surface area contributed by atoms with Gasteiger partial charge in [0.15, 0.2) is 0 Å². The Morgan fingerprint density at radius 2 is 2.00 bits per heavy atom. The highest BCUT2D eigenvalue weighted by Crippen LogP contribution is 2.17. The Bertz CT molecular complexity index is 590. The molecule has 1 N–H and O–H groups in total. The molecule has 2 rings (SSSR count). The molecule has 7 heteroatoms. The second-order valence-electron chi connectivity index (χ2n) is 6.95. The normalized spacial score (nSPS) is 15.2. The van der Waals surface area contributed by atoms with Gasteiger partial charge in [-0.3, -0.25) is 4.79 Å². The van der Waals surface area contributed by atoms with Crippen LogP contribution in [0.25, 0.3) is 0 Å². The van der Waals surface area contributed by atoms with E-state index in [-0.39, 0.29) is 0 Å². The number of nitrogens with one attached hydrogen (secondary N) is 1. The summed E-state index contributed by atoms with van der Waals surface area (Å²) >= 11 is 0. The number of hydrogen-bond donors (Lipinski definition) is 1. The third-order valence-corrected chi connectivity index (χ3v) is 3.81. The first-order chi connectivity index (χ1) is 11.3. The van der Waals surface area contributed by atoms with Gasteiger partial charge >= 0.3 is 6.09 Å². The number of carbonyl (C=O) groups is 2. The molecule has 1 aromatic rings. The smallest absolute Gasteiger partial charge is 0.407 e. The highest BCUT2D eigenvalue weighted by Gasteiger charge is 2.18. The fourth-order valence-electron chi connectivity index (χ4n) is 2.47. The van der Waals surface area contributed by atoms with E-state index in [1.807, 2.05) is 33.8 Å². The molecule has 0 spiro atoms. The fraction of sp³-hybridized carbons (Fsp3) is 0.588. The lowest BCUT2D eigenvalue weighted by atomic mass is 10.1. The van der Waals surface area contributed by atoms with E-state index in [0.717, 1.165) is 36.4 Å². The number of amides is 2. The van der Waals surface area contributed by atoms with Gasteiger partial charge in [0.1, 0.15) is 11.4 Å². The number of aryl methyl sites for hydroxylation is 1. The molecule has 0 atom stereocenters. The largest absolute Gasteiger partial charge is 0.444 e. The number of pyridine rings is 1. The highest BCUT2D eigenvalue weighted by atomic mass is 16.6. The topological polar surface area (TPSA) is 74.8 Å². The lowest BCUT2D eigenvalue weighted by molar-refractivity contribution is -0.118. The van der Waals surface area contributed by atoms with Crippen LogP contribution in [0.4, 0.5) is 10.6 Å².